The zero-order valence-electron chi connectivity index (χ0n) is 14.3. The Morgan fingerprint density at radius 3 is 2.87 bits per heavy atom. The summed E-state index contributed by atoms with van der Waals surface area (Å²) in [6.45, 7) is 3.76. The van der Waals surface area contributed by atoms with Gasteiger partial charge in [-0.3, -0.25) is 4.90 Å². The summed E-state index contributed by atoms with van der Waals surface area (Å²) in [7, 11) is 0. The molecule has 3 aliphatic carbocycles. The molecule has 124 valence electrons. The summed E-state index contributed by atoms with van der Waals surface area (Å²) in [5, 5.41) is 10.1. The van der Waals surface area contributed by atoms with Gasteiger partial charge in [-0.1, -0.05) is 18.9 Å². The molecule has 1 aliphatic heterocycles. The Morgan fingerprint density at radius 2 is 2.04 bits per heavy atom. The molecule has 23 heavy (non-hydrogen) atoms. The van der Waals surface area contributed by atoms with E-state index in [-0.39, 0.29) is 0 Å². The van der Waals surface area contributed by atoms with E-state index in [1.165, 1.54) is 69.0 Å². The average Bonchev–Trinajstić information content (AvgIpc) is 3.40. The summed E-state index contributed by atoms with van der Waals surface area (Å²) < 4.78 is 0. The molecule has 0 aromatic heterocycles. The lowest BCUT2D eigenvalue weighted by Crippen LogP contribution is -2.62. The number of nitrogens with zero attached hydrogens (tertiary/aromatic N) is 1. The van der Waals surface area contributed by atoms with Gasteiger partial charge < -0.3 is 5.11 Å². The van der Waals surface area contributed by atoms with Crippen LogP contribution in [0.5, 0.6) is 5.75 Å². The quantitative estimate of drug-likeness (QED) is 0.882. The van der Waals surface area contributed by atoms with E-state index >= 15 is 0 Å². The minimum atomic E-state index is 0.370. The number of fused-ring (bicyclic) bond motifs is 1. The van der Waals surface area contributed by atoms with Crippen LogP contribution >= 0.6 is 0 Å². The molecule has 1 unspecified atom stereocenters. The molecular formula is C21H29NO. The van der Waals surface area contributed by atoms with Crippen molar-refractivity contribution in [2.45, 2.75) is 75.8 Å². The molecule has 2 nitrogen and oxygen atoms in total. The molecule has 3 fully saturated rings. The monoisotopic (exact) mass is 311 g/mol. The van der Waals surface area contributed by atoms with Crippen molar-refractivity contribution in [2.75, 3.05) is 6.54 Å². The summed E-state index contributed by atoms with van der Waals surface area (Å²) in [4.78, 5) is 2.89. The first-order chi connectivity index (χ1) is 11.2. The number of phenolic OH excluding ortho intramolecular Hbond substituents is 1. The minimum absolute atomic E-state index is 0.370. The zero-order valence-corrected chi connectivity index (χ0v) is 14.3. The largest absolute Gasteiger partial charge is 0.508 e. The predicted octanol–water partition coefficient (Wildman–Crippen LogP) is 4.25. The van der Waals surface area contributed by atoms with Gasteiger partial charge in [-0.25, -0.2) is 0 Å². The molecule has 0 radical (unpaired) electrons. The first-order valence-corrected chi connectivity index (χ1v) is 9.77. The first-order valence-electron chi connectivity index (χ1n) is 9.77. The molecule has 2 bridgehead atoms. The van der Waals surface area contributed by atoms with Crippen molar-refractivity contribution in [2.24, 2.45) is 11.8 Å². The van der Waals surface area contributed by atoms with Crippen LogP contribution in [-0.4, -0.2) is 28.6 Å². The topological polar surface area (TPSA) is 23.5 Å². The molecule has 0 amide bonds. The Bertz CT molecular complexity index is 622. The zero-order chi connectivity index (χ0) is 15.6. The van der Waals surface area contributed by atoms with Crippen LogP contribution in [0.3, 0.4) is 0 Å². The van der Waals surface area contributed by atoms with Crippen molar-refractivity contribution >= 4 is 0 Å². The molecule has 0 spiro atoms. The molecule has 2 heteroatoms. The van der Waals surface area contributed by atoms with Crippen LogP contribution < -0.4 is 0 Å². The highest BCUT2D eigenvalue weighted by Crippen LogP contribution is 2.57. The summed E-state index contributed by atoms with van der Waals surface area (Å²) in [6.07, 6.45) is 10.9. The first kappa shape index (κ1) is 14.3. The SMILES string of the molecule is C[C@H](C1CC1)N1CC[C@]23CCCC[C@H]2C1Cc1ccc(O)cc13. The second kappa shape index (κ2) is 4.99. The number of hydrogen-bond acceptors (Lipinski definition) is 2. The molecule has 1 N–H and O–H groups in total. The summed E-state index contributed by atoms with van der Waals surface area (Å²) in [5.41, 5.74) is 3.41. The van der Waals surface area contributed by atoms with Gasteiger partial charge in [-0.15, -0.1) is 0 Å². The Hall–Kier alpha value is -1.02. The standard InChI is InChI=1S/C21H29NO/c1-14(15-5-6-15)22-11-10-21-9-3-2-4-18(21)20(22)12-16-7-8-17(23)13-19(16)21/h7-8,13-15,18,20,23H,2-6,9-12H2,1H3/t14-,18+,20?,21-/m1/s1. The van der Waals surface area contributed by atoms with Crippen LogP contribution in [0.1, 0.15) is 63.0 Å². The fourth-order valence-corrected chi connectivity index (χ4v) is 6.38. The lowest BCUT2D eigenvalue weighted by molar-refractivity contribution is -0.0343. The van der Waals surface area contributed by atoms with Crippen LogP contribution in [0, 0.1) is 11.8 Å². The van der Waals surface area contributed by atoms with E-state index in [4.69, 9.17) is 0 Å². The highest BCUT2D eigenvalue weighted by atomic mass is 16.3. The van der Waals surface area contributed by atoms with E-state index in [0.717, 1.165) is 23.9 Å². The number of hydrogen-bond donors (Lipinski definition) is 1. The Morgan fingerprint density at radius 1 is 1.17 bits per heavy atom. The second-order valence-corrected chi connectivity index (χ2v) is 8.69. The maximum atomic E-state index is 10.1. The predicted molar refractivity (Wildman–Crippen MR) is 92.7 cm³/mol. The lowest BCUT2D eigenvalue weighted by atomic mass is 9.52. The smallest absolute Gasteiger partial charge is 0.115 e. The number of phenols is 1. The molecule has 2 saturated carbocycles. The third kappa shape index (κ3) is 2.03. The van der Waals surface area contributed by atoms with Crippen molar-refractivity contribution in [1.29, 1.82) is 0 Å². The average molecular weight is 311 g/mol. The van der Waals surface area contributed by atoms with Gasteiger partial charge in [-0.2, -0.15) is 0 Å². The van der Waals surface area contributed by atoms with E-state index in [2.05, 4.69) is 24.0 Å². The number of rotatable bonds is 2. The van der Waals surface area contributed by atoms with Crippen molar-refractivity contribution in [1.82, 2.24) is 4.90 Å². The van der Waals surface area contributed by atoms with Crippen LogP contribution in [0.25, 0.3) is 0 Å². The normalized spacial score (nSPS) is 37.8. The van der Waals surface area contributed by atoms with Crippen molar-refractivity contribution in [3.8, 4) is 5.75 Å². The summed E-state index contributed by atoms with van der Waals surface area (Å²) in [6, 6.07) is 7.76. The van der Waals surface area contributed by atoms with Gasteiger partial charge in [0.2, 0.25) is 0 Å². The third-order valence-electron chi connectivity index (χ3n) is 7.69. The van der Waals surface area contributed by atoms with E-state index in [0.29, 0.717) is 11.2 Å². The summed E-state index contributed by atoms with van der Waals surface area (Å²) >= 11 is 0. The fourth-order valence-electron chi connectivity index (χ4n) is 6.38. The Balaban J connectivity index is 1.59. The highest BCUT2D eigenvalue weighted by Gasteiger charge is 2.55. The molecular weight excluding hydrogens is 282 g/mol. The minimum Gasteiger partial charge on any atom is -0.508 e. The van der Waals surface area contributed by atoms with E-state index in [1.807, 2.05) is 6.07 Å². The van der Waals surface area contributed by atoms with Crippen LogP contribution in [0.2, 0.25) is 0 Å². The fraction of sp³-hybridized carbons (Fsp3) is 0.714. The van der Waals surface area contributed by atoms with Crippen LogP contribution in [0.4, 0.5) is 0 Å². The molecule has 4 atom stereocenters. The Kier molecular flexibility index (Phi) is 3.11. The van der Waals surface area contributed by atoms with Crippen LogP contribution in [-0.2, 0) is 11.8 Å². The van der Waals surface area contributed by atoms with Gasteiger partial charge in [0, 0.05) is 17.5 Å². The van der Waals surface area contributed by atoms with Crippen LogP contribution in [0.15, 0.2) is 18.2 Å². The highest BCUT2D eigenvalue weighted by molar-refractivity contribution is 5.45. The van der Waals surface area contributed by atoms with Gasteiger partial charge in [-0.05, 0) is 87.1 Å². The molecule has 1 heterocycles. The number of piperidine rings is 1. The van der Waals surface area contributed by atoms with Gasteiger partial charge in [0.25, 0.3) is 0 Å². The maximum Gasteiger partial charge on any atom is 0.115 e. The summed E-state index contributed by atoms with van der Waals surface area (Å²) in [5.74, 6) is 2.25. The van der Waals surface area contributed by atoms with Gasteiger partial charge in [0.05, 0.1) is 0 Å². The third-order valence-corrected chi connectivity index (χ3v) is 7.69. The second-order valence-electron chi connectivity index (χ2n) is 8.69. The molecule has 5 rings (SSSR count). The Labute approximate surface area is 139 Å². The van der Waals surface area contributed by atoms with Crippen molar-refractivity contribution in [3.63, 3.8) is 0 Å². The number of benzene rings is 1. The molecule has 1 aromatic rings. The molecule has 1 aromatic carbocycles. The van der Waals surface area contributed by atoms with E-state index in [9.17, 15) is 5.11 Å². The van der Waals surface area contributed by atoms with E-state index < -0.39 is 0 Å². The lowest BCUT2D eigenvalue weighted by Gasteiger charge is -2.60. The number of likely N-dealkylation sites (tertiary alicyclic amines) is 1. The molecule has 1 saturated heterocycles. The van der Waals surface area contributed by atoms with E-state index in [1.54, 1.807) is 0 Å². The maximum absolute atomic E-state index is 10.1. The molecule has 4 aliphatic rings. The number of aromatic hydroxyl groups is 1. The van der Waals surface area contributed by atoms with Gasteiger partial charge in [0.1, 0.15) is 5.75 Å². The van der Waals surface area contributed by atoms with Gasteiger partial charge >= 0.3 is 0 Å². The van der Waals surface area contributed by atoms with Gasteiger partial charge in [0.15, 0.2) is 0 Å². The van der Waals surface area contributed by atoms with Crippen molar-refractivity contribution in [3.05, 3.63) is 29.3 Å². The van der Waals surface area contributed by atoms with Crippen molar-refractivity contribution < 1.29 is 5.11 Å².